The van der Waals surface area contributed by atoms with E-state index < -0.39 is 0 Å². The van der Waals surface area contributed by atoms with Gasteiger partial charge in [-0.1, -0.05) is 13.8 Å². The largest absolute Gasteiger partial charge is 0.399 e. The molecule has 1 aliphatic rings. The van der Waals surface area contributed by atoms with Crippen LogP contribution in [0.1, 0.15) is 32.3 Å². The van der Waals surface area contributed by atoms with E-state index in [1.807, 2.05) is 6.07 Å². The van der Waals surface area contributed by atoms with Crippen LogP contribution < -0.4 is 5.73 Å². The Kier molecular flexibility index (Phi) is 3.67. The lowest BCUT2D eigenvalue weighted by atomic mass is 10.1. The van der Waals surface area contributed by atoms with Crippen molar-refractivity contribution in [3.63, 3.8) is 0 Å². The molecule has 94 valence electrons. The van der Waals surface area contributed by atoms with E-state index in [9.17, 15) is 4.39 Å². The molecule has 3 heteroatoms. The number of hydrogen-bond donors (Lipinski definition) is 1. The lowest BCUT2D eigenvalue weighted by molar-refractivity contribution is 0.226. The molecule has 17 heavy (non-hydrogen) atoms. The highest BCUT2D eigenvalue weighted by Gasteiger charge is 2.29. The number of rotatable bonds is 5. The lowest BCUT2D eigenvalue weighted by Crippen LogP contribution is -2.29. The molecule has 1 aliphatic carbocycles. The van der Waals surface area contributed by atoms with Gasteiger partial charge in [0.05, 0.1) is 0 Å². The van der Waals surface area contributed by atoms with Gasteiger partial charge in [0.1, 0.15) is 5.82 Å². The second kappa shape index (κ2) is 5.05. The molecule has 2 rings (SSSR count). The Morgan fingerprint density at radius 1 is 1.35 bits per heavy atom. The van der Waals surface area contributed by atoms with Gasteiger partial charge in [-0.15, -0.1) is 0 Å². The van der Waals surface area contributed by atoms with Gasteiger partial charge in [-0.25, -0.2) is 4.39 Å². The molecule has 0 spiro atoms. The van der Waals surface area contributed by atoms with Crippen LogP contribution in [0.5, 0.6) is 0 Å². The molecule has 1 saturated carbocycles. The quantitative estimate of drug-likeness (QED) is 0.796. The van der Waals surface area contributed by atoms with Crippen molar-refractivity contribution in [2.24, 2.45) is 5.92 Å². The third kappa shape index (κ3) is 3.70. The molecule has 0 radical (unpaired) electrons. The number of nitrogens with two attached hydrogens (primary N) is 1. The van der Waals surface area contributed by atoms with Gasteiger partial charge in [-0.2, -0.15) is 0 Å². The Balaban J connectivity index is 2.05. The van der Waals surface area contributed by atoms with E-state index in [0.29, 0.717) is 17.6 Å². The molecular formula is C14H21FN2. The smallest absolute Gasteiger partial charge is 0.125 e. The predicted octanol–water partition coefficient (Wildman–Crippen LogP) is 3.03. The first-order chi connectivity index (χ1) is 8.04. The average molecular weight is 236 g/mol. The van der Waals surface area contributed by atoms with Crippen molar-refractivity contribution in [2.75, 3.05) is 12.3 Å². The van der Waals surface area contributed by atoms with E-state index in [1.165, 1.54) is 18.9 Å². The van der Waals surface area contributed by atoms with Gasteiger partial charge in [0.25, 0.3) is 0 Å². The molecule has 1 fully saturated rings. The Labute approximate surface area is 103 Å². The highest BCUT2D eigenvalue weighted by atomic mass is 19.1. The number of nitrogens with zero attached hydrogens (tertiary/aromatic N) is 1. The van der Waals surface area contributed by atoms with Gasteiger partial charge >= 0.3 is 0 Å². The maximum Gasteiger partial charge on any atom is 0.125 e. The Morgan fingerprint density at radius 3 is 2.59 bits per heavy atom. The van der Waals surface area contributed by atoms with E-state index in [2.05, 4.69) is 18.7 Å². The Hall–Kier alpha value is -1.09. The maximum absolute atomic E-state index is 13.3. The Bertz CT molecular complexity index is 366. The van der Waals surface area contributed by atoms with Crippen molar-refractivity contribution in [1.29, 1.82) is 0 Å². The third-order valence-corrected chi connectivity index (χ3v) is 3.03. The summed E-state index contributed by atoms with van der Waals surface area (Å²) in [5, 5.41) is 0. The predicted molar refractivity (Wildman–Crippen MR) is 69.1 cm³/mol. The minimum Gasteiger partial charge on any atom is -0.399 e. The third-order valence-electron chi connectivity index (χ3n) is 3.03. The summed E-state index contributed by atoms with van der Waals surface area (Å²) >= 11 is 0. The molecule has 1 aromatic carbocycles. The molecule has 0 aromatic heterocycles. The van der Waals surface area contributed by atoms with Gasteiger partial charge in [0.2, 0.25) is 0 Å². The van der Waals surface area contributed by atoms with Gasteiger partial charge in [-0.3, -0.25) is 4.90 Å². The summed E-state index contributed by atoms with van der Waals surface area (Å²) in [5.74, 6) is 0.404. The monoisotopic (exact) mass is 236 g/mol. The van der Waals surface area contributed by atoms with Crippen molar-refractivity contribution >= 4 is 5.69 Å². The zero-order chi connectivity index (χ0) is 12.4. The van der Waals surface area contributed by atoms with E-state index in [4.69, 9.17) is 5.73 Å². The molecule has 0 heterocycles. The van der Waals surface area contributed by atoms with Crippen LogP contribution in [0, 0.1) is 11.7 Å². The van der Waals surface area contributed by atoms with Crippen LogP contribution in [0.15, 0.2) is 18.2 Å². The van der Waals surface area contributed by atoms with Crippen LogP contribution in [0.2, 0.25) is 0 Å². The second-order valence-electron chi connectivity index (χ2n) is 5.45. The van der Waals surface area contributed by atoms with Gasteiger partial charge in [0, 0.05) is 24.8 Å². The molecule has 0 amide bonds. The highest BCUT2D eigenvalue weighted by Crippen LogP contribution is 2.29. The zero-order valence-electron chi connectivity index (χ0n) is 10.6. The summed E-state index contributed by atoms with van der Waals surface area (Å²) in [7, 11) is 0. The van der Waals surface area contributed by atoms with E-state index in [0.717, 1.165) is 18.7 Å². The fraction of sp³-hybridized carbons (Fsp3) is 0.571. The number of hydrogen-bond acceptors (Lipinski definition) is 2. The molecule has 1 aromatic rings. The van der Waals surface area contributed by atoms with Crippen LogP contribution in [-0.4, -0.2) is 17.5 Å². The summed E-state index contributed by atoms with van der Waals surface area (Å²) in [4.78, 5) is 2.44. The second-order valence-corrected chi connectivity index (χ2v) is 5.45. The maximum atomic E-state index is 13.3. The molecule has 0 unspecified atom stereocenters. The van der Waals surface area contributed by atoms with E-state index in [1.54, 1.807) is 6.07 Å². The minimum atomic E-state index is -0.236. The highest BCUT2D eigenvalue weighted by molar-refractivity contribution is 5.41. The molecule has 0 aliphatic heterocycles. The summed E-state index contributed by atoms with van der Waals surface area (Å²) in [5.41, 5.74) is 7.17. The molecule has 2 N–H and O–H groups in total. The van der Waals surface area contributed by atoms with Crippen LogP contribution >= 0.6 is 0 Å². The topological polar surface area (TPSA) is 29.3 Å². The molecule has 2 nitrogen and oxygen atoms in total. The first-order valence-electron chi connectivity index (χ1n) is 6.33. The Morgan fingerprint density at radius 2 is 2.06 bits per heavy atom. The fourth-order valence-electron chi connectivity index (χ4n) is 2.25. The first kappa shape index (κ1) is 12.4. The zero-order valence-corrected chi connectivity index (χ0v) is 10.6. The summed E-state index contributed by atoms with van der Waals surface area (Å²) in [6, 6.07) is 5.53. The molecule has 0 atom stereocenters. The van der Waals surface area contributed by atoms with Crippen molar-refractivity contribution in [2.45, 2.75) is 39.3 Å². The van der Waals surface area contributed by atoms with Gasteiger partial charge in [0.15, 0.2) is 0 Å². The first-order valence-corrected chi connectivity index (χ1v) is 6.33. The van der Waals surface area contributed by atoms with Gasteiger partial charge < -0.3 is 5.73 Å². The number of nitrogen functional groups attached to an aromatic ring is 1. The van der Waals surface area contributed by atoms with Gasteiger partial charge in [-0.05, 0) is 42.5 Å². The van der Waals surface area contributed by atoms with Crippen LogP contribution in [0.4, 0.5) is 10.1 Å². The van der Waals surface area contributed by atoms with Crippen LogP contribution in [0.3, 0.4) is 0 Å². The lowest BCUT2D eigenvalue weighted by Gasteiger charge is -2.24. The number of anilines is 1. The number of halogens is 1. The average Bonchev–Trinajstić information content (AvgIpc) is 2.96. The van der Waals surface area contributed by atoms with E-state index in [-0.39, 0.29) is 5.82 Å². The van der Waals surface area contributed by atoms with E-state index >= 15 is 0 Å². The van der Waals surface area contributed by atoms with Crippen LogP contribution in [0.25, 0.3) is 0 Å². The fourth-order valence-corrected chi connectivity index (χ4v) is 2.25. The van der Waals surface area contributed by atoms with Crippen molar-refractivity contribution in [3.05, 3.63) is 29.6 Å². The van der Waals surface area contributed by atoms with Crippen molar-refractivity contribution < 1.29 is 4.39 Å². The summed E-state index contributed by atoms with van der Waals surface area (Å²) < 4.78 is 13.3. The summed E-state index contributed by atoms with van der Waals surface area (Å²) in [6.07, 6.45) is 2.55. The van der Waals surface area contributed by atoms with Crippen LogP contribution in [-0.2, 0) is 6.54 Å². The van der Waals surface area contributed by atoms with Crippen molar-refractivity contribution in [1.82, 2.24) is 4.90 Å². The summed E-state index contributed by atoms with van der Waals surface area (Å²) in [6.45, 7) is 6.32. The standard InChI is InChI=1S/C14H21FN2/c1-10(2)8-17(14-3-4-14)9-11-5-12(15)7-13(16)6-11/h5-7,10,14H,3-4,8-9,16H2,1-2H3. The molecular weight excluding hydrogens is 215 g/mol. The molecule has 0 bridgehead atoms. The molecule has 0 saturated heterocycles. The van der Waals surface area contributed by atoms with Crippen molar-refractivity contribution in [3.8, 4) is 0 Å². The SMILES string of the molecule is CC(C)CN(Cc1cc(N)cc(F)c1)C1CC1. The normalized spacial score (nSPS) is 15.8. The minimum absolute atomic E-state index is 0.236. The number of benzene rings is 1.